The lowest BCUT2D eigenvalue weighted by Crippen LogP contribution is -2.09. The minimum Gasteiger partial charge on any atom is -0.481 e. The van der Waals surface area contributed by atoms with Gasteiger partial charge in [-0.3, -0.25) is 4.79 Å². The van der Waals surface area contributed by atoms with Gasteiger partial charge in [0.25, 0.3) is 0 Å². The molecule has 0 fully saturated rings. The summed E-state index contributed by atoms with van der Waals surface area (Å²) in [6.07, 6.45) is 3.95. The summed E-state index contributed by atoms with van der Waals surface area (Å²) in [6.45, 7) is 4.20. The van der Waals surface area contributed by atoms with E-state index in [1.54, 1.807) is 6.07 Å². The minimum atomic E-state index is 0.0643. The summed E-state index contributed by atoms with van der Waals surface area (Å²) in [5.74, 6) is 0.936. The van der Waals surface area contributed by atoms with E-state index in [0.717, 1.165) is 12.8 Å². The van der Waals surface area contributed by atoms with Gasteiger partial charge in [-0.1, -0.05) is 26.7 Å². The Kier molecular flexibility index (Phi) is 4.89. The lowest BCUT2D eigenvalue weighted by Gasteiger charge is -2.10. The van der Waals surface area contributed by atoms with Crippen LogP contribution in [0.4, 0.5) is 0 Å². The molecule has 1 aromatic rings. The third-order valence-corrected chi connectivity index (χ3v) is 2.77. The molecule has 0 amide bonds. The first-order valence-corrected chi connectivity index (χ1v) is 5.60. The van der Waals surface area contributed by atoms with Gasteiger partial charge in [-0.15, -0.1) is 0 Å². The second kappa shape index (κ2) is 6.20. The Morgan fingerprint density at radius 2 is 2.06 bits per heavy atom. The van der Waals surface area contributed by atoms with Crippen molar-refractivity contribution in [2.45, 2.75) is 33.1 Å². The van der Waals surface area contributed by atoms with Gasteiger partial charge >= 0.3 is 0 Å². The first kappa shape index (κ1) is 12.6. The van der Waals surface area contributed by atoms with E-state index in [1.807, 2.05) is 0 Å². The largest absolute Gasteiger partial charge is 0.481 e. The van der Waals surface area contributed by atoms with Crippen molar-refractivity contribution in [1.29, 1.82) is 0 Å². The van der Waals surface area contributed by atoms with E-state index in [0.29, 0.717) is 23.9 Å². The fourth-order valence-electron chi connectivity index (χ4n) is 1.55. The van der Waals surface area contributed by atoms with Crippen molar-refractivity contribution in [1.82, 2.24) is 9.97 Å². The van der Waals surface area contributed by atoms with Gasteiger partial charge in [-0.25, -0.2) is 9.97 Å². The second-order valence-electron chi connectivity index (χ2n) is 3.76. The molecule has 0 aliphatic carbocycles. The first-order valence-electron chi connectivity index (χ1n) is 5.60. The fourth-order valence-corrected chi connectivity index (χ4v) is 1.55. The molecule has 1 aromatic heterocycles. The van der Waals surface area contributed by atoms with Crippen LogP contribution in [-0.2, 0) is 0 Å². The van der Waals surface area contributed by atoms with Gasteiger partial charge < -0.3 is 4.74 Å². The lowest BCUT2D eigenvalue weighted by atomic mass is 9.96. The molecule has 4 heteroatoms. The van der Waals surface area contributed by atoms with Crippen molar-refractivity contribution in [2.75, 3.05) is 7.11 Å². The summed E-state index contributed by atoms with van der Waals surface area (Å²) in [7, 11) is 1.53. The van der Waals surface area contributed by atoms with Crippen LogP contribution in [0.25, 0.3) is 0 Å². The third-order valence-electron chi connectivity index (χ3n) is 2.77. The van der Waals surface area contributed by atoms with Crippen molar-refractivity contribution < 1.29 is 9.53 Å². The number of ketones is 1. The van der Waals surface area contributed by atoms with E-state index in [-0.39, 0.29) is 5.78 Å². The normalized spacial score (nSPS) is 10.5. The Morgan fingerprint density at radius 3 is 2.62 bits per heavy atom. The Balaban J connectivity index is 2.72. The average molecular weight is 222 g/mol. The highest BCUT2D eigenvalue weighted by Gasteiger charge is 2.14. The highest BCUT2D eigenvalue weighted by Crippen LogP contribution is 2.16. The van der Waals surface area contributed by atoms with E-state index in [2.05, 4.69) is 23.8 Å². The van der Waals surface area contributed by atoms with Crippen LogP contribution in [0.5, 0.6) is 5.88 Å². The molecular weight excluding hydrogens is 204 g/mol. The second-order valence-corrected chi connectivity index (χ2v) is 3.76. The minimum absolute atomic E-state index is 0.0643. The first-order chi connectivity index (χ1) is 7.71. The third kappa shape index (κ3) is 3.29. The van der Waals surface area contributed by atoms with E-state index < -0.39 is 0 Å². The highest BCUT2D eigenvalue weighted by molar-refractivity contribution is 5.94. The Labute approximate surface area is 96.1 Å². The summed E-state index contributed by atoms with van der Waals surface area (Å²) in [5.41, 5.74) is 0.443. The monoisotopic (exact) mass is 222 g/mol. The molecule has 0 saturated heterocycles. The highest BCUT2D eigenvalue weighted by atomic mass is 16.5. The summed E-state index contributed by atoms with van der Waals surface area (Å²) in [5, 5.41) is 0. The molecule has 16 heavy (non-hydrogen) atoms. The van der Waals surface area contributed by atoms with Gasteiger partial charge in [0.2, 0.25) is 5.88 Å². The average Bonchev–Trinajstić information content (AvgIpc) is 2.35. The van der Waals surface area contributed by atoms with Crippen LogP contribution in [0.3, 0.4) is 0 Å². The van der Waals surface area contributed by atoms with Crippen molar-refractivity contribution in [2.24, 2.45) is 5.92 Å². The zero-order valence-electron chi connectivity index (χ0n) is 10.1. The van der Waals surface area contributed by atoms with E-state index >= 15 is 0 Å². The molecule has 0 spiro atoms. The maximum atomic E-state index is 11.9. The Morgan fingerprint density at radius 1 is 1.38 bits per heavy atom. The maximum Gasteiger partial charge on any atom is 0.216 e. The van der Waals surface area contributed by atoms with Crippen LogP contribution >= 0.6 is 0 Å². The summed E-state index contributed by atoms with van der Waals surface area (Å²) in [4.78, 5) is 19.7. The Hall–Kier alpha value is -1.45. The summed E-state index contributed by atoms with van der Waals surface area (Å²) < 4.78 is 4.96. The predicted molar refractivity (Wildman–Crippen MR) is 61.6 cm³/mol. The topological polar surface area (TPSA) is 52.1 Å². The van der Waals surface area contributed by atoms with Crippen LogP contribution in [0, 0.1) is 5.92 Å². The zero-order chi connectivity index (χ0) is 12.0. The maximum absolute atomic E-state index is 11.9. The number of aromatic nitrogens is 2. The van der Waals surface area contributed by atoms with E-state index in [1.165, 1.54) is 13.4 Å². The van der Waals surface area contributed by atoms with Crippen LogP contribution < -0.4 is 4.74 Å². The number of methoxy groups -OCH3 is 1. The van der Waals surface area contributed by atoms with Gasteiger partial charge in [0.05, 0.1) is 7.11 Å². The van der Waals surface area contributed by atoms with Crippen molar-refractivity contribution in [3.8, 4) is 5.88 Å². The molecule has 4 nitrogen and oxygen atoms in total. The van der Waals surface area contributed by atoms with Crippen molar-refractivity contribution in [3.63, 3.8) is 0 Å². The van der Waals surface area contributed by atoms with Crippen LogP contribution in [0.15, 0.2) is 12.4 Å². The molecule has 0 N–H and O–H groups in total. The molecule has 0 unspecified atom stereocenters. The zero-order valence-corrected chi connectivity index (χ0v) is 10.1. The van der Waals surface area contributed by atoms with Crippen LogP contribution in [0.2, 0.25) is 0 Å². The number of hydrogen-bond donors (Lipinski definition) is 0. The molecule has 0 atom stereocenters. The quantitative estimate of drug-likeness (QED) is 0.694. The summed E-state index contributed by atoms with van der Waals surface area (Å²) >= 11 is 0. The number of carbonyl (C=O) groups is 1. The molecule has 88 valence electrons. The molecule has 0 aliphatic heterocycles. The molecule has 1 rings (SSSR count). The van der Waals surface area contributed by atoms with Gasteiger partial charge in [-0.2, -0.15) is 0 Å². The van der Waals surface area contributed by atoms with Gasteiger partial charge in [0.1, 0.15) is 12.0 Å². The Bertz CT molecular complexity index is 349. The van der Waals surface area contributed by atoms with Gasteiger partial charge in [0, 0.05) is 12.5 Å². The van der Waals surface area contributed by atoms with Crippen molar-refractivity contribution >= 4 is 5.78 Å². The predicted octanol–water partition coefficient (Wildman–Crippen LogP) is 2.49. The lowest BCUT2D eigenvalue weighted by molar-refractivity contribution is 0.0953. The number of carbonyl (C=O) groups excluding carboxylic acids is 1. The molecule has 0 bridgehead atoms. The molecule has 0 aliphatic rings. The number of Topliss-reactive ketones (excluding diaryl/α,β-unsaturated/α-hetero) is 1. The van der Waals surface area contributed by atoms with Gasteiger partial charge in [-0.05, 0) is 5.92 Å². The van der Waals surface area contributed by atoms with E-state index in [9.17, 15) is 4.79 Å². The molecule has 0 aromatic carbocycles. The smallest absolute Gasteiger partial charge is 0.216 e. The number of nitrogens with zero attached hydrogens (tertiary/aromatic N) is 2. The number of hydrogen-bond acceptors (Lipinski definition) is 4. The molecule has 1 heterocycles. The van der Waals surface area contributed by atoms with E-state index in [4.69, 9.17) is 4.74 Å². The summed E-state index contributed by atoms with van der Waals surface area (Å²) in [6, 6.07) is 1.59. The SMILES string of the molecule is CCC(CC)CC(=O)c1cc(OC)ncn1. The fraction of sp³-hybridized carbons (Fsp3) is 0.583. The molecular formula is C12H18N2O2. The standard InChI is InChI=1S/C12H18N2O2/c1-4-9(5-2)6-11(15)10-7-12(16-3)14-8-13-10/h7-9H,4-6H2,1-3H3. The van der Waals surface area contributed by atoms with Crippen LogP contribution in [-0.4, -0.2) is 22.9 Å². The van der Waals surface area contributed by atoms with Crippen LogP contribution in [0.1, 0.15) is 43.6 Å². The molecule has 0 saturated carbocycles. The van der Waals surface area contributed by atoms with Gasteiger partial charge in [0.15, 0.2) is 5.78 Å². The number of ether oxygens (including phenoxy) is 1. The molecule has 0 radical (unpaired) electrons. The number of rotatable bonds is 6. The van der Waals surface area contributed by atoms with Crippen molar-refractivity contribution in [3.05, 3.63) is 18.1 Å².